The van der Waals surface area contributed by atoms with Crippen molar-refractivity contribution < 1.29 is 18.0 Å². The fourth-order valence-electron chi connectivity index (χ4n) is 3.75. The summed E-state index contributed by atoms with van der Waals surface area (Å²) in [6.45, 7) is 4.81. The van der Waals surface area contributed by atoms with E-state index in [4.69, 9.17) is 28.0 Å². The van der Waals surface area contributed by atoms with E-state index in [0.717, 1.165) is 34.8 Å². The first-order valence-electron chi connectivity index (χ1n) is 10.9. The lowest BCUT2D eigenvalue weighted by Crippen LogP contribution is -2.47. The van der Waals surface area contributed by atoms with Gasteiger partial charge in [0.1, 0.15) is 12.4 Å². The Hall–Kier alpha value is -2.97. The third-order valence-corrected chi connectivity index (χ3v) is 6.25. The first-order chi connectivity index (χ1) is 16.7. The smallest absolute Gasteiger partial charge is 0.391 e. The van der Waals surface area contributed by atoms with Crippen molar-refractivity contribution in [2.24, 2.45) is 5.16 Å². The van der Waals surface area contributed by atoms with Gasteiger partial charge < -0.3 is 14.6 Å². The van der Waals surface area contributed by atoms with Crippen LogP contribution in [0, 0.1) is 0 Å². The molecule has 0 radical (unpaired) electrons. The van der Waals surface area contributed by atoms with Crippen LogP contribution in [0.5, 0.6) is 0 Å². The molecular weight excluding hydrogens is 500 g/mol. The maximum absolute atomic E-state index is 12.9. The molecule has 1 aliphatic heterocycles. The van der Waals surface area contributed by atoms with Gasteiger partial charge in [-0.2, -0.15) is 13.2 Å². The average molecular weight is 523 g/mol. The van der Waals surface area contributed by atoms with Crippen LogP contribution < -0.4 is 9.80 Å². The van der Waals surface area contributed by atoms with Gasteiger partial charge in [-0.3, -0.25) is 0 Å². The van der Waals surface area contributed by atoms with Gasteiger partial charge >= 0.3 is 6.18 Å². The van der Waals surface area contributed by atoms with Crippen LogP contribution in [0.4, 0.5) is 24.7 Å². The highest BCUT2D eigenvalue weighted by Crippen LogP contribution is 2.34. The van der Waals surface area contributed by atoms with Crippen molar-refractivity contribution in [1.82, 2.24) is 4.98 Å². The summed E-state index contributed by atoms with van der Waals surface area (Å²) < 4.78 is 38.6. The summed E-state index contributed by atoms with van der Waals surface area (Å²) in [5.41, 5.74) is 2.89. The van der Waals surface area contributed by atoms with Crippen LogP contribution in [0.1, 0.15) is 23.6 Å². The number of benzene rings is 2. The standard InChI is InChI=1S/C25H23Cl2F3N4O/c1-17(32-35-16-18-2-6-21(26)7-3-18)19-4-8-22(9-5-19)33-10-12-34(13-11-33)24-23(27)14-20(15-31-24)25(28,29)30/h2-9,14-15H,10-13,16H2,1H3/b32-17-. The van der Waals surface area contributed by atoms with Gasteiger partial charge in [-0.05, 0) is 48.4 Å². The van der Waals surface area contributed by atoms with Crippen molar-refractivity contribution in [1.29, 1.82) is 0 Å². The summed E-state index contributed by atoms with van der Waals surface area (Å²) in [7, 11) is 0. The summed E-state index contributed by atoms with van der Waals surface area (Å²) in [5.74, 6) is 0.375. The minimum atomic E-state index is -4.47. The summed E-state index contributed by atoms with van der Waals surface area (Å²) in [5, 5.41) is 4.88. The van der Waals surface area contributed by atoms with E-state index in [1.54, 1.807) is 0 Å². The number of anilines is 2. The number of hydrogen-bond acceptors (Lipinski definition) is 5. The Labute approximate surface area is 211 Å². The predicted molar refractivity (Wildman–Crippen MR) is 134 cm³/mol. The van der Waals surface area contributed by atoms with Gasteiger partial charge in [-0.25, -0.2) is 4.98 Å². The normalized spacial score (nSPS) is 14.9. The second kappa shape index (κ2) is 10.7. The van der Waals surface area contributed by atoms with Gasteiger partial charge in [0.25, 0.3) is 0 Å². The van der Waals surface area contributed by atoms with Crippen LogP contribution in [0.3, 0.4) is 0 Å². The van der Waals surface area contributed by atoms with E-state index in [2.05, 4.69) is 15.0 Å². The Morgan fingerprint density at radius 2 is 1.60 bits per heavy atom. The van der Waals surface area contributed by atoms with E-state index in [1.807, 2.05) is 60.4 Å². The van der Waals surface area contributed by atoms with Crippen molar-refractivity contribution in [2.45, 2.75) is 19.7 Å². The fraction of sp³-hybridized carbons (Fsp3) is 0.280. The molecule has 0 saturated carbocycles. The van der Waals surface area contributed by atoms with Crippen molar-refractivity contribution in [3.05, 3.63) is 87.5 Å². The number of pyridine rings is 1. The number of aromatic nitrogens is 1. The Bertz CT molecular complexity index is 1180. The van der Waals surface area contributed by atoms with Gasteiger partial charge in [0.2, 0.25) is 0 Å². The highest BCUT2D eigenvalue weighted by Gasteiger charge is 2.32. The topological polar surface area (TPSA) is 41.0 Å². The van der Waals surface area contributed by atoms with Gasteiger partial charge in [-0.1, -0.05) is 52.6 Å². The Kier molecular flexibility index (Phi) is 7.72. The third-order valence-electron chi connectivity index (χ3n) is 5.72. The van der Waals surface area contributed by atoms with Gasteiger partial charge in [0.05, 0.1) is 16.3 Å². The average Bonchev–Trinajstić information content (AvgIpc) is 2.85. The summed E-state index contributed by atoms with van der Waals surface area (Å²) >= 11 is 12.0. The van der Waals surface area contributed by atoms with E-state index in [1.165, 1.54) is 0 Å². The fourth-order valence-corrected chi connectivity index (χ4v) is 4.16. The molecule has 0 N–H and O–H groups in total. The van der Waals surface area contributed by atoms with Crippen LogP contribution in [-0.4, -0.2) is 36.9 Å². The molecule has 10 heteroatoms. The van der Waals surface area contributed by atoms with E-state index < -0.39 is 11.7 Å². The number of alkyl halides is 3. The molecule has 1 aromatic heterocycles. The zero-order chi connectivity index (χ0) is 25.0. The Balaban J connectivity index is 1.32. The molecule has 0 amide bonds. The molecule has 3 aromatic rings. The third kappa shape index (κ3) is 6.38. The van der Waals surface area contributed by atoms with E-state index in [-0.39, 0.29) is 5.02 Å². The zero-order valence-corrected chi connectivity index (χ0v) is 20.4. The number of halogens is 5. The van der Waals surface area contributed by atoms with Gasteiger partial charge in [0.15, 0.2) is 0 Å². The largest absolute Gasteiger partial charge is 0.417 e. The number of nitrogens with zero attached hydrogens (tertiary/aromatic N) is 4. The molecule has 184 valence electrons. The zero-order valence-electron chi connectivity index (χ0n) is 18.9. The molecule has 1 saturated heterocycles. The molecule has 0 unspecified atom stereocenters. The summed E-state index contributed by atoms with van der Waals surface area (Å²) in [4.78, 5) is 13.5. The Morgan fingerprint density at radius 1 is 0.971 bits per heavy atom. The van der Waals surface area contributed by atoms with E-state index in [9.17, 15) is 13.2 Å². The van der Waals surface area contributed by atoms with Crippen LogP contribution in [0.15, 0.2) is 65.9 Å². The Morgan fingerprint density at radius 3 is 2.20 bits per heavy atom. The summed E-state index contributed by atoms with van der Waals surface area (Å²) in [6, 6.07) is 16.3. The molecule has 1 fully saturated rings. The maximum atomic E-state index is 12.9. The van der Waals surface area contributed by atoms with Crippen LogP contribution in [0.2, 0.25) is 10.0 Å². The first-order valence-corrected chi connectivity index (χ1v) is 11.7. The lowest BCUT2D eigenvalue weighted by atomic mass is 10.1. The molecule has 35 heavy (non-hydrogen) atoms. The molecule has 2 aromatic carbocycles. The second-order valence-electron chi connectivity index (χ2n) is 8.12. The van der Waals surface area contributed by atoms with Crippen molar-refractivity contribution in [2.75, 3.05) is 36.0 Å². The van der Waals surface area contributed by atoms with E-state index >= 15 is 0 Å². The predicted octanol–water partition coefficient (Wildman–Crippen LogP) is 6.67. The van der Waals surface area contributed by atoms with Gasteiger partial charge in [0, 0.05) is 43.1 Å². The molecule has 0 atom stereocenters. The molecule has 5 nitrogen and oxygen atoms in total. The SMILES string of the molecule is C/C(=N/OCc1ccc(Cl)cc1)c1ccc(N2CCN(c3ncc(C(F)(F)F)cc3Cl)CC2)cc1. The van der Waals surface area contributed by atoms with Crippen LogP contribution >= 0.6 is 23.2 Å². The summed E-state index contributed by atoms with van der Waals surface area (Å²) in [6.07, 6.45) is -3.64. The number of oxime groups is 1. The molecule has 0 aliphatic carbocycles. The molecule has 1 aliphatic rings. The molecule has 0 bridgehead atoms. The van der Waals surface area contributed by atoms with Crippen LogP contribution in [-0.2, 0) is 17.6 Å². The van der Waals surface area contributed by atoms with Crippen molar-refractivity contribution in [3.63, 3.8) is 0 Å². The van der Waals surface area contributed by atoms with Crippen molar-refractivity contribution >= 4 is 40.4 Å². The first kappa shape index (κ1) is 25.1. The number of piperazine rings is 1. The lowest BCUT2D eigenvalue weighted by molar-refractivity contribution is -0.137. The van der Waals surface area contributed by atoms with Gasteiger partial charge in [-0.15, -0.1) is 0 Å². The molecular formula is C25H23Cl2F3N4O. The number of hydrogen-bond donors (Lipinski definition) is 0. The lowest BCUT2D eigenvalue weighted by Gasteiger charge is -2.37. The van der Waals surface area contributed by atoms with Crippen molar-refractivity contribution in [3.8, 4) is 0 Å². The molecule has 4 rings (SSSR count). The quantitative estimate of drug-likeness (QED) is 0.267. The minimum Gasteiger partial charge on any atom is -0.391 e. The maximum Gasteiger partial charge on any atom is 0.417 e. The number of rotatable bonds is 6. The highest BCUT2D eigenvalue weighted by molar-refractivity contribution is 6.33. The molecule has 0 spiro atoms. The molecule has 2 heterocycles. The minimum absolute atomic E-state index is 0.00525. The monoisotopic (exact) mass is 522 g/mol. The van der Waals surface area contributed by atoms with E-state index in [0.29, 0.717) is 43.6 Å². The van der Waals surface area contributed by atoms with Crippen LogP contribution in [0.25, 0.3) is 0 Å². The second-order valence-corrected chi connectivity index (χ2v) is 8.97. The highest BCUT2D eigenvalue weighted by atomic mass is 35.5.